The summed E-state index contributed by atoms with van der Waals surface area (Å²) in [5, 5.41) is 17.8. The number of ether oxygens (including phenoxy) is 6. The highest BCUT2D eigenvalue weighted by Crippen LogP contribution is 2.35. The minimum atomic E-state index is -1.09. The van der Waals surface area contributed by atoms with E-state index in [2.05, 4.69) is 16.0 Å². The second-order valence-corrected chi connectivity index (χ2v) is 21.9. The topological polar surface area (TPSA) is 287 Å². The number of carbonyl (C=O) groups excluding carboxylic acids is 7. The van der Waals surface area contributed by atoms with E-state index in [4.69, 9.17) is 34.2 Å². The fourth-order valence-corrected chi connectivity index (χ4v) is 9.55. The number of aliphatic carboxylic acids is 1. The maximum Gasteiger partial charge on any atom is 0.410 e. The number of carboxylic acids is 1. The van der Waals surface area contributed by atoms with Crippen molar-refractivity contribution in [2.24, 2.45) is 5.73 Å². The molecule has 0 aliphatic carbocycles. The van der Waals surface area contributed by atoms with Gasteiger partial charge in [0.25, 0.3) is 0 Å². The lowest BCUT2D eigenvalue weighted by molar-refractivity contribution is -0.155. The Bertz CT molecular complexity index is 2460. The highest BCUT2D eigenvalue weighted by molar-refractivity contribution is 5.95. The van der Waals surface area contributed by atoms with Crippen LogP contribution in [0.4, 0.5) is 9.59 Å². The molecule has 23 heteroatoms. The van der Waals surface area contributed by atoms with E-state index >= 15 is 0 Å². The Morgan fingerprint density at radius 2 is 1.01 bits per heavy atom. The first-order chi connectivity index (χ1) is 36.3. The van der Waals surface area contributed by atoms with E-state index in [0.717, 1.165) is 40.6 Å². The van der Waals surface area contributed by atoms with Crippen LogP contribution in [-0.2, 0) is 47.7 Å². The molecule has 6 N–H and O–H groups in total. The minimum Gasteiger partial charge on any atom is -0.493 e. The Morgan fingerprint density at radius 3 is 1.48 bits per heavy atom. The van der Waals surface area contributed by atoms with Crippen LogP contribution in [0.2, 0.25) is 0 Å². The Hall–Kier alpha value is -6.72. The summed E-state index contributed by atoms with van der Waals surface area (Å²) < 4.78 is 33.2. The molecule has 0 radical (unpaired) electrons. The predicted octanol–water partition coefficient (Wildman–Crippen LogP) is 4.12. The second-order valence-electron chi connectivity index (χ2n) is 21.9. The van der Waals surface area contributed by atoms with Crippen molar-refractivity contribution in [2.45, 2.75) is 179 Å². The average molecular weight is 1080 g/mol. The van der Waals surface area contributed by atoms with Crippen molar-refractivity contribution >= 4 is 47.7 Å². The summed E-state index contributed by atoms with van der Waals surface area (Å²) in [6.45, 7) is 15.2. The van der Waals surface area contributed by atoms with E-state index in [1.165, 1.54) is 35.7 Å². The van der Waals surface area contributed by atoms with Gasteiger partial charge >= 0.3 is 18.2 Å². The molecular weight excluding hydrogens is 1000 g/mol. The SMILES string of the molecule is C[C@H](C(=O)N[C@H]1CCO[C@H]2CC[C@H](C(=O)N[C@H]3CCOc4ccccc43)N2C1=O)N(C)C(=O)OC(C)(C)C.C[C@H](C(=O)N[C@H]1CCO[C@H]2CC[C@H](C(=O)O)N2C1=O)N(C)C(=O)OC(C)(C)C.N[C@H]1CCOc2ccccc21. The third kappa shape index (κ3) is 15.3. The van der Waals surface area contributed by atoms with Crippen LogP contribution in [0.5, 0.6) is 11.5 Å². The number of nitrogens with one attached hydrogen (secondary N) is 3. The van der Waals surface area contributed by atoms with Crippen LogP contribution in [0.15, 0.2) is 48.5 Å². The van der Waals surface area contributed by atoms with Crippen molar-refractivity contribution in [3.05, 3.63) is 59.7 Å². The van der Waals surface area contributed by atoms with Gasteiger partial charge in [-0.05, 0) is 93.2 Å². The third-order valence-electron chi connectivity index (χ3n) is 14.0. The molecule has 8 rings (SSSR count). The first-order valence-electron chi connectivity index (χ1n) is 26.4. The van der Waals surface area contributed by atoms with Gasteiger partial charge in [-0.25, -0.2) is 14.4 Å². The minimum absolute atomic E-state index is 0.167. The van der Waals surface area contributed by atoms with E-state index in [1.807, 2.05) is 48.5 Å². The van der Waals surface area contributed by atoms with Crippen molar-refractivity contribution in [1.29, 1.82) is 0 Å². The number of carbonyl (C=O) groups is 8. The number of fused-ring (bicyclic) bond motifs is 4. The highest BCUT2D eigenvalue weighted by atomic mass is 16.6. The van der Waals surface area contributed by atoms with Gasteiger partial charge in [0.05, 0.1) is 32.5 Å². The van der Waals surface area contributed by atoms with Gasteiger partial charge in [0, 0.05) is 56.9 Å². The number of amides is 7. The molecule has 6 heterocycles. The van der Waals surface area contributed by atoms with Gasteiger partial charge in [-0.3, -0.25) is 33.8 Å². The molecular formula is C54H78N8O15. The number of likely N-dealkylation sites (N-methyl/N-ethyl adjacent to an activating group) is 2. The Morgan fingerprint density at radius 1 is 0.597 bits per heavy atom. The van der Waals surface area contributed by atoms with Gasteiger partial charge in [0.1, 0.15) is 71.4 Å². The number of nitrogens with two attached hydrogens (primary N) is 1. The molecule has 4 fully saturated rings. The lowest BCUT2D eigenvalue weighted by Crippen LogP contribution is -2.57. The van der Waals surface area contributed by atoms with E-state index in [1.54, 1.807) is 48.5 Å². The molecule has 0 unspecified atom stereocenters. The number of hydrogen-bond donors (Lipinski definition) is 5. The summed E-state index contributed by atoms with van der Waals surface area (Å²) in [4.78, 5) is 106. The molecule has 4 saturated heterocycles. The molecule has 0 saturated carbocycles. The number of hydrogen-bond acceptors (Lipinski definition) is 15. The van der Waals surface area contributed by atoms with Gasteiger partial charge in [-0.2, -0.15) is 0 Å². The van der Waals surface area contributed by atoms with Crippen molar-refractivity contribution in [2.75, 3.05) is 40.5 Å². The van der Waals surface area contributed by atoms with Crippen LogP contribution in [0.1, 0.15) is 130 Å². The normalized spacial score (nSPS) is 25.3. The Kier molecular flexibility index (Phi) is 19.8. The van der Waals surface area contributed by atoms with Gasteiger partial charge < -0.3 is 65.0 Å². The fourth-order valence-electron chi connectivity index (χ4n) is 9.55. The summed E-state index contributed by atoms with van der Waals surface area (Å²) in [5.41, 5.74) is 6.51. The van der Waals surface area contributed by atoms with Crippen molar-refractivity contribution in [3.8, 4) is 11.5 Å². The lowest BCUT2D eigenvalue weighted by Gasteiger charge is -2.33. The monoisotopic (exact) mass is 1080 g/mol. The van der Waals surface area contributed by atoms with Gasteiger partial charge in [0.15, 0.2) is 0 Å². The zero-order valence-corrected chi connectivity index (χ0v) is 45.9. The van der Waals surface area contributed by atoms with Crippen LogP contribution in [0.25, 0.3) is 0 Å². The molecule has 0 bridgehead atoms. The first-order valence-corrected chi connectivity index (χ1v) is 26.4. The number of nitrogens with zero attached hydrogens (tertiary/aromatic N) is 4. The standard InChI is InChI=1S/C27H38N4O7.C18H29N3O7.C9H11NO/c1-16(30(5)26(35)38-27(2,3)4)23(32)29-19-13-15-37-22-11-10-20(31(22)25(19)34)24(33)28-18-12-14-36-21-9-7-6-8-17(18)21;1-10(20(5)17(26)28-18(2,3)4)14(22)19-11-8-9-27-13-7-6-12(16(24)25)21(13)15(11)23;10-8-5-6-11-9-4-2-1-3-7(8)9/h6-9,16,18-20,22H,10-15H2,1-5H3,(H,28,33)(H,29,32);10-13H,6-9H2,1-5H3,(H,19,22)(H,24,25);1-4,8H,5-6,10H2/t16-,18+,19+,20-,22+;10-,11+,12-,13+;8-/m110/s1. The summed E-state index contributed by atoms with van der Waals surface area (Å²) in [6, 6.07) is 10.3. The number of carboxylic acid groups (broad SMARTS) is 1. The highest BCUT2D eigenvalue weighted by Gasteiger charge is 2.48. The molecule has 6 aliphatic heterocycles. The van der Waals surface area contributed by atoms with Gasteiger partial charge in [-0.1, -0.05) is 36.4 Å². The second kappa shape index (κ2) is 25.6. The number of benzene rings is 2. The number of rotatable bonds is 9. The fraction of sp³-hybridized carbons (Fsp3) is 0.630. The lowest BCUT2D eigenvalue weighted by atomic mass is 10.00. The van der Waals surface area contributed by atoms with E-state index < -0.39 is 95.8 Å². The molecule has 424 valence electrons. The van der Waals surface area contributed by atoms with Crippen LogP contribution in [-0.4, -0.2) is 173 Å². The van der Waals surface area contributed by atoms with Crippen molar-refractivity contribution < 1.29 is 71.9 Å². The quantitative estimate of drug-likeness (QED) is 0.236. The van der Waals surface area contributed by atoms with E-state index in [9.17, 15) is 43.5 Å². The average Bonchev–Trinajstić information content (AvgIpc) is 3.97. The van der Waals surface area contributed by atoms with E-state index in [0.29, 0.717) is 38.7 Å². The summed E-state index contributed by atoms with van der Waals surface area (Å²) in [7, 11) is 2.91. The van der Waals surface area contributed by atoms with Crippen LogP contribution in [0, 0.1) is 0 Å². The maximum absolute atomic E-state index is 13.6. The van der Waals surface area contributed by atoms with Crippen molar-refractivity contribution in [3.63, 3.8) is 0 Å². The molecule has 6 aliphatic rings. The van der Waals surface area contributed by atoms with Crippen LogP contribution in [0.3, 0.4) is 0 Å². The Balaban J connectivity index is 0.000000214. The van der Waals surface area contributed by atoms with Gasteiger partial charge in [0.2, 0.25) is 29.5 Å². The smallest absolute Gasteiger partial charge is 0.410 e. The Labute approximate surface area is 450 Å². The zero-order chi connectivity index (χ0) is 56.5. The summed E-state index contributed by atoms with van der Waals surface area (Å²) in [6.07, 6.45) is 1.40. The number of para-hydroxylation sites is 2. The summed E-state index contributed by atoms with van der Waals surface area (Å²) in [5.74, 6) is -1.51. The first kappa shape index (κ1) is 59.5. The maximum atomic E-state index is 13.6. The molecule has 23 nitrogen and oxygen atoms in total. The molecule has 77 heavy (non-hydrogen) atoms. The van der Waals surface area contributed by atoms with E-state index in [-0.39, 0.29) is 50.0 Å². The van der Waals surface area contributed by atoms with Crippen molar-refractivity contribution in [1.82, 2.24) is 35.6 Å². The molecule has 2 aromatic carbocycles. The predicted molar refractivity (Wildman–Crippen MR) is 278 cm³/mol. The zero-order valence-electron chi connectivity index (χ0n) is 45.9. The largest absolute Gasteiger partial charge is 0.493 e. The van der Waals surface area contributed by atoms with Crippen LogP contribution >= 0.6 is 0 Å². The molecule has 10 atom stereocenters. The molecule has 7 amide bonds. The molecule has 2 aromatic rings. The third-order valence-corrected chi connectivity index (χ3v) is 14.0. The summed E-state index contributed by atoms with van der Waals surface area (Å²) >= 11 is 0. The van der Waals surface area contributed by atoms with Crippen LogP contribution < -0.4 is 31.2 Å². The molecule has 0 spiro atoms. The molecule has 0 aromatic heterocycles. The van der Waals surface area contributed by atoms with Gasteiger partial charge in [-0.15, -0.1) is 0 Å².